The van der Waals surface area contributed by atoms with Gasteiger partial charge in [0.15, 0.2) is 0 Å². The van der Waals surface area contributed by atoms with Gasteiger partial charge in [0.25, 0.3) is 0 Å². The number of benzene rings is 2. The molecule has 0 heterocycles. The molecule has 0 aliphatic heterocycles. The third-order valence-electron chi connectivity index (χ3n) is 6.65. The van der Waals surface area contributed by atoms with Crippen molar-refractivity contribution in [1.82, 2.24) is 6.15 Å². The van der Waals surface area contributed by atoms with Crippen molar-refractivity contribution >= 4 is 43.2 Å². The van der Waals surface area contributed by atoms with E-state index >= 15 is 0 Å². The predicted molar refractivity (Wildman–Crippen MR) is 183 cm³/mol. The van der Waals surface area contributed by atoms with E-state index in [1.165, 1.54) is 108 Å². The molecule has 2 rings (SSSR count). The van der Waals surface area contributed by atoms with Crippen LogP contribution in [0.15, 0.2) is 60.7 Å². The Balaban J connectivity index is -0.000000414. The first-order valence-electron chi connectivity index (χ1n) is 14.2. The van der Waals surface area contributed by atoms with Crippen LogP contribution in [0, 0.1) is 0 Å². The molecule has 0 fully saturated rings. The van der Waals surface area contributed by atoms with Crippen LogP contribution in [-0.2, 0) is 12.7 Å². The molecule has 0 spiro atoms. The SMILES string of the molecule is Br.Br.CCCCCCCCCCCCCCCC[N+](C)(C)Cc1ccccc1.N.PCc1ccccc1.[Br-]. The van der Waals surface area contributed by atoms with E-state index < -0.39 is 0 Å². The summed E-state index contributed by atoms with van der Waals surface area (Å²) in [7, 11) is 7.43. The fraction of sp³-hybridized carbons (Fsp3) is 0.625. The number of rotatable bonds is 18. The topological polar surface area (TPSA) is 35.0 Å². The highest BCUT2D eigenvalue weighted by molar-refractivity contribution is 8.93. The Hall–Kier alpha value is 0.230. The van der Waals surface area contributed by atoms with Crippen molar-refractivity contribution in [3.05, 3.63) is 71.8 Å². The summed E-state index contributed by atoms with van der Waals surface area (Å²) < 4.78 is 1.11. The lowest BCUT2D eigenvalue weighted by molar-refractivity contribution is -0.903. The summed E-state index contributed by atoms with van der Waals surface area (Å²) in [5, 5.41) is 0. The molecule has 0 aromatic heterocycles. The zero-order valence-corrected chi connectivity index (χ0v) is 30.9. The fourth-order valence-electron chi connectivity index (χ4n) is 4.51. The number of hydrogen-bond donors (Lipinski definition) is 1. The molecule has 3 N–H and O–H groups in total. The van der Waals surface area contributed by atoms with Gasteiger partial charge in [0.05, 0.1) is 20.6 Å². The highest BCUT2D eigenvalue weighted by atomic mass is 79.9. The Morgan fingerprint density at radius 3 is 1.24 bits per heavy atom. The Labute approximate surface area is 271 Å². The van der Waals surface area contributed by atoms with E-state index in [2.05, 4.69) is 84.9 Å². The van der Waals surface area contributed by atoms with Crippen LogP contribution in [0.2, 0.25) is 0 Å². The molecule has 6 heteroatoms. The van der Waals surface area contributed by atoms with Gasteiger partial charge >= 0.3 is 0 Å². The lowest BCUT2D eigenvalue weighted by atomic mass is 10.0. The third-order valence-corrected chi connectivity index (χ3v) is 7.12. The molecular weight excluding hydrogens is 683 g/mol. The maximum atomic E-state index is 2.69. The minimum atomic E-state index is 0. The number of halogens is 3. The molecular formula is C32H60Br3N2P. The van der Waals surface area contributed by atoms with Gasteiger partial charge in [-0.2, -0.15) is 0 Å². The third kappa shape index (κ3) is 27.8. The Kier molecular flexibility index (Phi) is 37.8. The Morgan fingerprint density at radius 1 is 0.553 bits per heavy atom. The molecule has 0 aliphatic carbocycles. The van der Waals surface area contributed by atoms with E-state index in [1.54, 1.807) is 0 Å². The molecule has 38 heavy (non-hydrogen) atoms. The Bertz CT molecular complexity index is 688. The first kappa shape index (κ1) is 45.2. The zero-order valence-electron chi connectivity index (χ0n) is 24.7. The van der Waals surface area contributed by atoms with Crippen LogP contribution in [0.4, 0.5) is 0 Å². The minimum absolute atomic E-state index is 0. The van der Waals surface area contributed by atoms with Crippen LogP contribution < -0.4 is 23.1 Å². The van der Waals surface area contributed by atoms with E-state index in [-0.39, 0.29) is 57.1 Å². The van der Waals surface area contributed by atoms with Gasteiger partial charge < -0.3 is 27.6 Å². The highest BCUT2D eigenvalue weighted by Crippen LogP contribution is 2.15. The summed E-state index contributed by atoms with van der Waals surface area (Å²) in [4.78, 5) is 0. The first-order chi connectivity index (χ1) is 16.6. The maximum absolute atomic E-state index is 2.69. The molecule has 224 valence electrons. The quantitative estimate of drug-likeness (QED) is 0.0935. The number of hydrogen-bond acceptors (Lipinski definition) is 1. The average Bonchev–Trinajstić information content (AvgIpc) is 2.85. The second-order valence-electron chi connectivity index (χ2n) is 10.6. The summed E-state index contributed by atoms with van der Waals surface area (Å²) in [6.07, 6.45) is 21.2. The van der Waals surface area contributed by atoms with Gasteiger partial charge in [0, 0.05) is 5.56 Å². The fourth-order valence-corrected chi connectivity index (χ4v) is 4.78. The van der Waals surface area contributed by atoms with Crippen molar-refractivity contribution in [2.75, 3.05) is 20.6 Å². The smallest absolute Gasteiger partial charge is 0.104 e. The summed E-state index contributed by atoms with van der Waals surface area (Å²) in [6, 6.07) is 21.3. The molecule has 0 aliphatic rings. The van der Waals surface area contributed by atoms with Crippen LogP contribution in [0.25, 0.3) is 0 Å². The lowest BCUT2D eigenvalue weighted by Gasteiger charge is -2.30. The maximum Gasteiger partial charge on any atom is 0.104 e. The van der Waals surface area contributed by atoms with E-state index in [0.29, 0.717) is 0 Å². The number of unbranched alkanes of at least 4 members (excludes halogenated alkanes) is 13. The van der Waals surface area contributed by atoms with E-state index in [4.69, 9.17) is 0 Å². The summed E-state index contributed by atoms with van der Waals surface area (Å²) in [5.74, 6) is 0. The molecule has 0 radical (unpaired) electrons. The molecule has 2 nitrogen and oxygen atoms in total. The van der Waals surface area contributed by atoms with Gasteiger partial charge in [-0.25, -0.2) is 0 Å². The standard InChI is InChI=1S/C25H46N.C7H9P.3BrH.H3N/c1-4-5-6-7-8-9-10-11-12-13-14-15-16-20-23-26(2,3)24-25-21-18-17-19-22-25;8-6-7-4-2-1-3-5-7;;;;/h17-19,21-22H,4-16,20,23-24H2,1-3H3;1-5H,6,8H2;3*1H;1H3/q+1;;;;;/p-1. The summed E-state index contributed by atoms with van der Waals surface area (Å²) >= 11 is 0. The van der Waals surface area contributed by atoms with Crippen LogP contribution in [0.5, 0.6) is 0 Å². The average molecular weight is 744 g/mol. The van der Waals surface area contributed by atoms with Crippen LogP contribution in [-0.4, -0.2) is 25.1 Å². The van der Waals surface area contributed by atoms with Crippen molar-refractivity contribution < 1.29 is 21.5 Å². The van der Waals surface area contributed by atoms with Gasteiger partial charge in [-0.05, 0) is 24.6 Å². The molecule has 1 unspecified atom stereocenters. The van der Waals surface area contributed by atoms with E-state index in [1.807, 2.05) is 6.07 Å². The van der Waals surface area contributed by atoms with Crippen molar-refractivity contribution in [2.24, 2.45) is 0 Å². The van der Waals surface area contributed by atoms with Crippen LogP contribution in [0.1, 0.15) is 108 Å². The van der Waals surface area contributed by atoms with E-state index in [0.717, 1.165) is 17.2 Å². The number of nitrogens with zero attached hydrogens (tertiary/aromatic N) is 1. The first-order valence-corrected chi connectivity index (χ1v) is 15.0. The van der Waals surface area contributed by atoms with Gasteiger partial charge in [-0.3, -0.25) is 0 Å². The summed E-state index contributed by atoms with van der Waals surface area (Å²) in [5.41, 5.74) is 2.83. The van der Waals surface area contributed by atoms with Crippen molar-refractivity contribution in [2.45, 2.75) is 110 Å². The van der Waals surface area contributed by atoms with Crippen molar-refractivity contribution in [3.63, 3.8) is 0 Å². The van der Waals surface area contributed by atoms with Crippen LogP contribution >= 0.6 is 43.2 Å². The van der Waals surface area contributed by atoms with Crippen LogP contribution in [0.3, 0.4) is 0 Å². The second-order valence-corrected chi connectivity index (χ2v) is 11.0. The molecule has 2 aromatic rings. The zero-order chi connectivity index (χ0) is 24.7. The Morgan fingerprint density at radius 2 is 0.895 bits per heavy atom. The molecule has 0 saturated heterocycles. The predicted octanol–water partition coefficient (Wildman–Crippen LogP) is 8.13. The monoisotopic (exact) mass is 740 g/mol. The molecule has 0 saturated carbocycles. The van der Waals surface area contributed by atoms with Crippen molar-refractivity contribution in [1.29, 1.82) is 0 Å². The van der Waals surface area contributed by atoms with Gasteiger partial charge in [-0.1, -0.05) is 145 Å². The molecule has 0 bridgehead atoms. The molecule has 0 amide bonds. The minimum Gasteiger partial charge on any atom is -1.00 e. The normalized spacial score (nSPS) is 10.0. The van der Waals surface area contributed by atoms with Gasteiger partial charge in [0.2, 0.25) is 0 Å². The van der Waals surface area contributed by atoms with Crippen molar-refractivity contribution in [3.8, 4) is 0 Å². The second kappa shape index (κ2) is 31.8. The summed E-state index contributed by atoms with van der Waals surface area (Å²) in [6.45, 7) is 4.75. The lowest BCUT2D eigenvalue weighted by Crippen LogP contribution is -3.00. The largest absolute Gasteiger partial charge is 1.00 e. The molecule has 2 aromatic carbocycles. The van der Waals surface area contributed by atoms with Gasteiger partial charge in [-0.15, -0.1) is 43.2 Å². The molecule has 1 atom stereocenters. The number of quaternary nitrogens is 1. The highest BCUT2D eigenvalue weighted by Gasteiger charge is 2.14. The van der Waals surface area contributed by atoms with Gasteiger partial charge in [0.1, 0.15) is 6.54 Å². The van der Waals surface area contributed by atoms with E-state index in [9.17, 15) is 0 Å².